The number of rotatable bonds is 11. The SMILES string of the molecule is CCOC(=O)c1ccc2c(c1)NC(=O)/C2=C(/Nc1ccc(N(C(CC)(CC)C(N)=O)S(C)(=O)=O)cc1)c1ccccc1. The van der Waals surface area contributed by atoms with Gasteiger partial charge in [0.25, 0.3) is 5.91 Å². The highest BCUT2D eigenvalue weighted by Crippen LogP contribution is 2.39. The molecule has 0 radical (unpaired) electrons. The molecule has 2 amide bonds. The van der Waals surface area contributed by atoms with E-state index >= 15 is 0 Å². The summed E-state index contributed by atoms with van der Waals surface area (Å²) in [5.41, 5.74) is 8.19. The summed E-state index contributed by atoms with van der Waals surface area (Å²) in [6.07, 6.45) is 1.44. The first-order chi connectivity index (χ1) is 20.0. The fraction of sp³-hybridized carbons (Fsp3) is 0.258. The number of hydrogen-bond acceptors (Lipinski definition) is 7. The lowest BCUT2D eigenvalue weighted by Gasteiger charge is -2.40. The number of benzene rings is 3. The molecule has 0 unspecified atom stereocenters. The first-order valence-corrected chi connectivity index (χ1v) is 15.4. The molecule has 0 bridgehead atoms. The summed E-state index contributed by atoms with van der Waals surface area (Å²) in [4.78, 5) is 38.1. The van der Waals surface area contributed by atoms with Gasteiger partial charge in [-0.15, -0.1) is 0 Å². The highest BCUT2D eigenvalue weighted by atomic mass is 32.2. The number of fused-ring (bicyclic) bond motifs is 1. The van der Waals surface area contributed by atoms with Gasteiger partial charge in [-0.2, -0.15) is 0 Å². The van der Waals surface area contributed by atoms with Crippen molar-refractivity contribution in [3.8, 4) is 0 Å². The maximum Gasteiger partial charge on any atom is 0.338 e. The molecule has 4 rings (SSSR count). The fourth-order valence-corrected chi connectivity index (χ4v) is 6.70. The van der Waals surface area contributed by atoms with E-state index < -0.39 is 27.4 Å². The molecule has 3 aromatic rings. The first-order valence-electron chi connectivity index (χ1n) is 13.6. The number of carbonyl (C=O) groups is 3. The molecule has 1 aliphatic rings. The third kappa shape index (κ3) is 5.73. The molecule has 4 N–H and O–H groups in total. The number of anilines is 3. The van der Waals surface area contributed by atoms with Crippen molar-refractivity contribution in [2.45, 2.75) is 39.2 Å². The summed E-state index contributed by atoms with van der Waals surface area (Å²) in [7, 11) is -3.87. The molecule has 1 aliphatic heterocycles. The molecule has 11 heteroatoms. The monoisotopic (exact) mass is 590 g/mol. The zero-order chi connectivity index (χ0) is 30.7. The van der Waals surface area contributed by atoms with E-state index in [4.69, 9.17) is 10.5 Å². The average Bonchev–Trinajstić information content (AvgIpc) is 3.29. The lowest BCUT2D eigenvalue weighted by Crippen LogP contribution is -2.59. The first kappa shape index (κ1) is 30.3. The Morgan fingerprint density at radius 1 is 0.952 bits per heavy atom. The fourth-order valence-electron chi connectivity index (χ4n) is 5.21. The van der Waals surface area contributed by atoms with Gasteiger partial charge in [-0.25, -0.2) is 13.2 Å². The molecular weight excluding hydrogens is 556 g/mol. The molecule has 0 spiro atoms. The van der Waals surface area contributed by atoms with Crippen LogP contribution in [0.25, 0.3) is 11.3 Å². The number of nitrogens with two attached hydrogens (primary N) is 1. The van der Waals surface area contributed by atoms with Crippen LogP contribution in [0, 0.1) is 0 Å². The molecule has 0 aromatic heterocycles. The van der Waals surface area contributed by atoms with Gasteiger partial charge in [-0.05, 0) is 61.7 Å². The zero-order valence-corrected chi connectivity index (χ0v) is 24.7. The Morgan fingerprint density at radius 2 is 1.60 bits per heavy atom. The van der Waals surface area contributed by atoms with Gasteiger partial charge in [0.2, 0.25) is 15.9 Å². The van der Waals surface area contributed by atoms with Crippen LogP contribution < -0.4 is 20.7 Å². The number of nitrogens with one attached hydrogen (secondary N) is 2. The standard InChI is InChI=1S/C31H34N4O6S/c1-5-31(6-2,30(32)38)35(42(4,39)40)23-16-14-22(15-17-23)33-27(20-11-9-8-10-12-20)26-24-18-13-21(29(37)41-7-3)19-25(24)34-28(26)36/h8-19,33H,5-7H2,1-4H3,(H2,32,38)(H,34,36)/b27-26+. The third-order valence-electron chi connectivity index (χ3n) is 7.31. The van der Waals surface area contributed by atoms with Crippen molar-refractivity contribution >= 4 is 56.1 Å². The zero-order valence-electron chi connectivity index (χ0n) is 23.9. The second-order valence-corrected chi connectivity index (χ2v) is 11.7. The van der Waals surface area contributed by atoms with Crippen LogP contribution in [0.1, 0.15) is 55.1 Å². The van der Waals surface area contributed by atoms with Crippen LogP contribution in [0.15, 0.2) is 72.8 Å². The predicted octanol–water partition coefficient (Wildman–Crippen LogP) is 4.61. The third-order valence-corrected chi connectivity index (χ3v) is 8.53. The van der Waals surface area contributed by atoms with Crippen molar-refractivity contribution in [2.24, 2.45) is 5.73 Å². The number of sulfonamides is 1. The Hall–Kier alpha value is -4.64. The van der Waals surface area contributed by atoms with Crippen molar-refractivity contribution in [1.29, 1.82) is 0 Å². The van der Waals surface area contributed by atoms with E-state index in [1.807, 2.05) is 30.3 Å². The number of esters is 1. The number of primary amides is 1. The summed E-state index contributed by atoms with van der Waals surface area (Å²) in [6.45, 7) is 5.40. The summed E-state index contributed by atoms with van der Waals surface area (Å²) >= 11 is 0. The van der Waals surface area contributed by atoms with Crippen LogP contribution in [-0.4, -0.2) is 44.6 Å². The molecule has 0 saturated heterocycles. The number of carbonyl (C=O) groups excluding carboxylic acids is 3. The molecule has 220 valence electrons. The van der Waals surface area contributed by atoms with Crippen molar-refractivity contribution in [2.75, 3.05) is 27.8 Å². The normalized spacial score (nSPS) is 14.0. The van der Waals surface area contributed by atoms with Crippen molar-refractivity contribution < 1.29 is 27.5 Å². The Labute approximate surface area is 245 Å². The van der Waals surface area contributed by atoms with Crippen LogP contribution in [0.2, 0.25) is 0 Å². The Kier molecular flexibility index (Phi) is 8.72. The largest absolute Gasteiger partial charge is 0.462 e. The molecule has 0 aliphatic carbocycles. The molecule has 1 heterocycles. The van der Waals surface area contributed by atoms with E-state index in [-0.39, 0.29) is 31.0 Å². The minimum Gasteiger partial charge on any atom is -0.462 e. The van der Waals surface area contributed by atoms with E-state index in [0.717, 1.165) is 16.1 Å². The lowest BCUT2D eigenvalue weighted by atomic mass is 9.91. The van der Waals surface area contributed by atoms with Gasteiger partial charge in [-0.1, -0.05) is 50.2 Å². The van der Waals surface area contributed by atoms with Gasteiger partial charge in [0, 0.05) is 11.3 Å². The predicted molar refractivity (Wildman–Crippen MR) is 164 cm³/mol. The quantitative estimate of drug-likeness (QED) is 0.218. The van der Waals surface area contributed by atoms with Crippen molar-refractivity contribution in [3.63, 3.8) is 0 Å². The highest BCUT2D eigenvalue weighted by Gasteiger charge is 2.44. The van der Waals surface area contributed by atoms with E-state index in [0.29, 0.717) is 33.8 Å². The molecular formula is C31H34N4O6S. The number of ether oxygens (including phenoxy) is 1. The maximum atomic E-state index is 13.3. The highest BCUT2D eigenvalue weighted by molar-refractivity contribution is 7.92. The second kappa shape index (κ2) is 12.1. The van der Waals surface area contributed by atoms with Gasteiger partial charge in [-0.3, -0.25) is 13.9 Å². The maximum absolute atomic E-state index is 13.3. The molecule has 0 atom stereocenters. The van der Waals surface area contributed by atoms with E-state index in [2.05, 4.69) is 10.6 Å². The number of nitrogens with zero attached hydrogens (tertiary/aromatic N) is 1. The number of hydrogen-bond donors (Lipinski definition) is 3. The van der Waals surface area contributed by atoms with Crippen LogP contribution in [0.3, 0.4) is 0 Å². The Morgan fingerprint density at radius 3 is 2.14 bits per heavy atom. The Bertz CT molecular complexity index is 1650. The minimum absolute atomic E-state index is 0.197. The molecule has 10 nitrogen and oxygen atoms in total. The Balaban J connectivity index is 1.79. The summed E-state index contributed by atoms with van der Waals surface area (Å²) in [5.74, 6) is -1.56. The van der Waals surface area contributed by atoms with E-state index in [9.17, 15) is 22.8 Å². The minimum atomic E-state index is -3.87. The van der Waals surface area contributed by atoms with Gasteiger partial charge in [0.15, 0.2) is 0 Å². The summed E-state index contributed by atoms with van der Waals surface area (Å²) in [6, 6.07) is 20.7. The number of amides is 2. The van der Waals surface area contributed by atoms with Crippen LogP contribution in [0.4, 0.5) is 17.1 Å². The van der Waals surface area contributed by atoms with Crippen molar-refractivity contribution in [3.05, 3.63) is 89.5 Å². The molecule has 3 aromatic carbocycles. The molecule has 0 saturated carbocycles. The molecule has 42 heavy (non-hydrogen) atoms. The van der Waals surface area contributed by atoms with E-state index in [1.165, 1.54) is 0 Å². The van der Waals surface area contributed by atoms with Gasteiger partial charge in [0.1, 0.15) is 5.54 Å². The van der Waals surface area contributed by atoms with Crippen molar-refractivity contribution in [1.82, 2.24) is 0 Å². The average molecular weight is 591 g/mol. The second-order valence-electron chi connectivity index (χ2n) is 9.85. The lowest BCUT2D eigenvalue weighted by molar-refractivity contribution is -0.123. The van der Waals surface area contributed by atoms with Gasteiger partial charge >= 0.3 is 5.97 Å². The topological polar surface area (TPSA) is 148 Å². The van der Waals surface area contributed by atoms with Gasteiger partial charge in [0.05, 0.1) is 41.1 Å². The summed E-state index contributed by atoms with van der Waals surface area (Å²) < 4.78 is 32.0. The van der Waals surface area contributed by atoms with E-state index in [1.54, 1.807) is 63.2 Å². The smallest absolute Gasteiger partial charge is 0.338 e. The van der Waals surface area contributed by atoms with Crippen LogP contribution >= 0.6 is 0 Å². The van der Waals surface area contributed by atoms with Crippen LogP contribution in [0.5, 0.6) is 0 Å². The van der Waals surface area contributed by atoms with Crippen LogP contribution in [-0.2, 0) is 24.3 Å². The summed E-state index contributed by atoms with van der Waals surface area (Å²) in [5, 5.41) is 6.17. The molecule has 0 fully saturated rings. The van der Waals surface area contributed by atoms with Gasteiger partial charge < -0.3 is 21.1 Å².